The highest BCUT2D eigenvalue weighted by Gasteiger charge is 2.06. The molecule has 0 saturated heterocycles. The van der Waals surface area contributed by atoms with E-state index in [-0.39, 0.29) is 11.5 Å². The van der Waals surface area contributed by atoms with E-state index in [1.807, 2.05) is 6.07 Å². The van der Waals surface area contributed by atoms with E-state index in [0.717, 1.165) is 17.5 Å². The average Bonchev–Trinajstić information content (AvgIpc) is 2.66. The van der Waals surface area contributed by atoms with Crippen LogP contribution in [0.3, 0.4) is 0 Å². The number of fused-ring (bicyclic) bond motifs is 1. The second-order valence-electron chi connectivity index (χ2n) is 4.35. The number of hydrogen-bond acceptors (Lipinski definition) is 3. The summed E-state index contributed by atoms with van der Waals surface area (Å²) >= 11 is 0. The van der Waals surface area contributed by atoms with E-state index in [4.69, 9.17) is 0 Å². The van der Waals surface area contributed by atoms with Crippen molar-refractivity contribution in [1.82, 2.24) is 19.5 Å². The van der Waals surface area contributed by atoms with E-state index < -0.39 is 0 Å². The molecule has 0 bridgehead atoms. The van der Waals surface area contributed by atoms with Crippen LogP contribution in [-0.2, 0) is 13.5 Å². The Hall–Kier alpha value is -2.50. The highest BCUT2D eigenvalue weighted by atomic mass is 19.1. The summed E-state index contributed by atoms with van der Waals surface area (Å²) in [6, 6.07) is 5.03. The van der Waals surface area contributed by atoms with Gasteiger partial charge in [0.15, 0.2) is 5.65 Å². The first-order valence-corrected chi connectivity index (χ1v) is 5.77. The smallest absolute Gasteiger partial charge is 0.304 e. The normalized spacial score (nSPS) is 11.1. The van der Waals surface area contributed by atoms with Crippen LogP contribution in [-0.4, -0.2) is 19.5 Å². The van der Waals surface area contributed by atoms with Gasteiger partial charge in [0.25, 0.3) is 0 Å². The molecule has 3 aromatic rings. The number of imidazole rings is 1. The lowest BCUT2D eigenvalue weighted by Gasteiger charge is -2.02. The minimum atomic E-state index is -0.368. The zero-order valence-corrected chi connectivity index (χ0v) is 10.2. The number of rotatable bonds is 2. The number of halogens is 1. The third kappa shape index (κ3) is 2.12. The molecule has 0 fully saturated rings. The zero-order valence-electron chi connectivity index (χ0n) is 10.2. The molecule has 96 valence electrons. The van der Waals surface area contributed by atoms with E-state index in [9.17, 15) is 9.18 Å². The maximum Gasteiger partial charge on any atom is 0.327 e. The summed E-state index contributed by atoms with van der Waals surface area (Å²) in [6.07, 6.45) is 3.24. The Kier molecular flexibility index (Phi) is 2.63. The Labute approximate surface area is 107 Å². The second-order valence-corrected chi connectivity index (χ2v) is 4.35. The summed E-state index contributed by atoms with van der Waals surface area (Å²) in [7, 11) is 1.65. The molecule has 19 heavy (non-hydrogen) atoms. The fraction of sp³-hybridized carbons (Fsp3) is 0.154. The molecule has 0 aromatic carbocycles. The topological polar surface area (TPSA) is 63.6 Å². The number of nitrogens with one attached hydrogen (secondary N) is 1. The number of hydrogen-bond donors (Lipinski definition) is 1. The summed E-state index contributed by atoms with van der Waals surface area (Å²) in [5, 5.41) is 0. The van der Waals surface area contributed by atoms with Crippen LogP contribution in [0.4, 0.5) is 4.39 Å². The van der Waals surface area contributed by atoms with Gasteiger partial charge in [0.2, 0.25) is 0 Å². The highest BCUT2D eigenvalue weighted by Crippen LogP contribution is 2.12. The van der Waals surface area contributed by atoms with Crippen LogP contribution in [0, 0.1) is 5.82 Å². The molecular weight excluding hydrogens is 247 g/mol. The largest absolute Gasteiger partial charge is 0.327 e. The molecule has 3 heterocycles. The molecular formula is C13H11FN4O. The van der Waals surface area contributed by atoms with Crippen LogP contribution in [0.5, 0.6) is 0 Å². The van der Waals surface area contributed by atoms with Gasteiger partial charge in [-0.3, -0.25) is 9.55 Å². The highest BCUT2D eigenvalue weighted by molar-refractivity contribution is 5.70. The molecule has 0 amide bonds. The summed E-state index contributed by atoms with van der Waals surface area (Å²) < 4.78 is 14.5. The first-order chi connectivity index (χ1) is 9.13. The fourth-order valence-corrected chi connectivity index (χ4v) is 2.00. The van der Waals surface area contributed by atoms with E-state index in [1.165, 1.54) is 10.6 Å². The van der Waals surface area contributed by atoms with Gasteiger partial charge in [-0.05, 0) is 23.8 Å². The molecule has 0 saturated carbocycles. The third-order valence-electron chi connectivity index (χ3n) is 2.94. The van der Waals surface area contributed by atoms with Gasteiger partial charge in [-0.1, -0.05) is 0 Å². The van der Waals surface area contributed by atoms with Crippen molar-refractivity contribution in [1.29, 1.82) is 0 Å². The Balaban J connectivity index is 2.02. The van der Waals surface area contributed by atoms with Crippen molar-refractivity contribution >= 4 is 11.2 Å². The summed E-state index contributed by atoms with van der Waals surface area (Å²) in [4.78, 5) is 22.4. The number of aromatic amines is 1. The van der Waals surface area contributed by atoms with Gasteiger partial charge in [0.1, 0.15) is 5.82 Å². The Morgan fingerprint density at radius 1 is 1.37 bits per heavy atom. The Morgan fingerprint density at radius 3 is 3.00 bits per heavy atom. The summed E-state index contributed by atoms with van der Waals surface area (Å²) in [6.45, 7) is 0. The van der Waals surface area contributed by atoms with Gasteiger partial charge in [-0.25, -0.2) is 14.2 Å². The van der Waals surface area contributed by atoms with Gasteiger partial charge in [0, 0.05) is 25.4 Å². The van der Waals surface area contributed by atoms with Crippen molar-refractivity contribution in [3.05, 3.63) is 58.2 Å². The lowest BCUT2D eigenvalue weighted by Crippen LogP contribution is -2.12. The second kappa shape index (κ2) is 4.31. The number of aryl methyl sites for hydroxylation is 1. The molecule has 0 unspecified atom stereocenters. The molecule has 0 aliphatic heterocycles. The number of pyridine rings is 2. The summed E-state index contributed by atoms with van der Waals surface area (Å²) in [5.74, 6) is -0.368. The van der Waals surface area contributed by atoms with Crippen molar-refractivity contribution in [2.45, 2.75) is 6.42 Å². The fourth-order valence-electron chi connectivity index (χ4n) is 2.00. The molecule has 0 aliphatic rings. The van der Waals surface area contributed by atoms with Crippen LogP contribution in [0.2, 0.25) is 0 Å². The number of nitrogens with zero attached hydrogens (tertiary/aromatic N) is 3. The van der Waals surface area contributed by atoms with Gasteiger partial charge in [-0.2, -0.15) is 0 Å². The van der Waals surface area contributed by atoms with E-state index in [0.29, 0.717) is 17.6 Å². The monoisotopic (exact) mass is 258 g/mol. The first kappa shape index (κ1) is 11.6. The van der Waals surface area contributed by atoms with Crippen molar-refractivity contribution in [2.24, 2.45) is 7.05 Å². The van der Waals surface area contributed by atoms with E-state index in [1.54, 1.807) is 19.3 Å². The maximum absolute atomic E-state index is 13.1. The third-order valence-corrected chi connectivity index (χ3v) is 2.94. The SMILES string of the molecule is Cn1c(=O)[nH]c2ccc(Cc3cncc(F)c3)nc21. The maximum atomic E-state index is 13.1. The molecule has 6 heteroatoms. The predicted octanol–water partition coefficient (Wildman–Crippen LogP) is 1.39. The number of H-pyrrole nitrogens is 1. The molecule has 3 aromatic heterocycles. The molecule has 0 spiro atoms. The van der Waals surface area contributed by atoms with Crippen LogP contribution < -0.4 is 5.69 Å². The zero-order chi connectivity index (χ0) is 13.4. The summed E-state index contributed by atoms with van der Waals surface area (Å²) in [5.41, 5.74) is 2.58. The molecule has 3 rings (SSSR count). The lowest BCUT2D eigenvalue weighted by atomic mass is 10.1. The van der Waals surface area contributed by atoms with Crippen LogP contribution in [0.25, 0.3) is 11.2 Å². The van der Waals surface area contributed by atoms with Crippen molar-refractivity contribution in [3.8, 4) is 0 Å². The average molecular weight is 258 g/mol. The van der Waals surface area contributed by atoms with Crippen molar-refractivity contribution < 1.29 is 4.39 Å². The minimum absolute atomic E-state index is 0.202. The number of aromatic nitrogens is 4. The standard InChI is InChI=1S/C13H11FN4O/c1-18-12-11(17-13(18)19)3-2-10(16-12)5-8-4-9(14)7-15-6-8/h2-4,6-7H,5H2,1H3,(H,17,19). The molecule has 5 nitrogen and oxygen atoms in total. The molecule has 0 aliphatic carbocycles. The predicted molar refractivity (Wildman–Crippen MR) is 68.3 cm³/mol. The van der Waals surface area contributed by atoms with E-state index >= 15 is 0 Å². The molecule has 1 N–H and O–H groups in total. The van der Waals surface area contributed by atoms with E-state index in [2.05, 4.69) is 15.0 Å². The van der Waals surface area contributed by atoms with Crippen LogP contribution in [0.15, 0.2) is 35.4 Å². The van der Waals surface area contributed by atoms with Gasteiger partial charge in [-0.15, -0.1) is 0 Å². The molecule has 0 atom stereocenters. The first-order valence-electron chi connectivity index (χ1n) is 5.77. The van der Waals surface area contributed by atoms with Crippen molar-refractivity contribution in [3.63, 3.8) is 0 Å². The quantitative estimate of drug-likeness (QED) is 0.755. The van der Waals surface area contributed by atoms with Gasteiger partial charge in [0.05, 0.1) is 11.7 Å². The Morgan fingerprint density at radius 2 is 2.21 bits per heavy atom. The van der Waals surface area contributed by atoms with Crippen molar-refractivity contribution in [2.75, 3.05) is 0 Å². The minimum Gasteiger partial charge on any atom is -0.304 e. The van der Waals surface area contributed by atoms with Crippen LogP contribution in [0.1, 0.15) is 11.3 Å². The Bertz CT molecular complexity index is 806. The molecule has 0 radical (unpaired) electrons. The van der Waals surface area contributed by atoms with Gasteiger partial charge >= 0.3 is 5.69 Å². The van der Waals surface area contributed by atoms with Crippen LogP contribution >= 0.6 is 0 Å². The lowest BCUT2D eigenvalue weighted by molar-refractivity contribution is 0.619. The van der Waals surface area contributed by atoms with Gasteiger partial charge < -0.3 is 4.98 Å².